The van der Waals surface area contributed by atoms with E-state index in [-0.39, 0.29) is 15.7 Å². The van der Waals surface area contributed by atoms with E-state index in [4.69, 9.17) is 16.3 Å². The standard InChI is InChI=1S/C18H14ClFN2O2S2/c19-13-8-16(26(23)22-17-10-25-11-21-17)14(20)9-15(13)24-18(6-7-18)12-4-2-1-3-5-12/h1-5,8-11,22H,6-7H2. The van der Waals surface area contributed by atoms with Crippen molar-refractivity contribution in [1.82, 2.24) is 4.98 Å². The molecule has 4 nitrogen and oxygen atoms in total. The Morgan fingerprint density at radius 1 is 1.27 bits per heavy atom. The van der Waals surface area contributed by atoms with E-state index in [1.807, 2.05) is 30.3 Å². The summed E-state index contributed by atoms with van der Waals surface area (Å²) < 4.78 is 35.6. The van der Waals surface area contributed by atoms with Gasteiger partial charge in [-0.25, -0.2) is 13.6 Å². The molecule has 1 N–H and O–H groups in total. The molecule has 1 aliphatic carbocycles. The van der Waals surface area contributed by atoms with Crippen LogP contribution in [-0.2, 0) is 16.6 Å². The highest BCUT2D eigenvalue weighted by Gasteiger charge is 2.47. The first-order valence-electron chi connectivity index (χ1n) is 7.88. The molecule has 1 heterocycles. The lowest BCUT2D eigenvalue weighted by atomic mass is 10.1. The van der Waals surface area contributed by atoms with Crippen LogP contribution in [0.2, 0.25) is 5.02 Å². The van der Waals surface area contributed by atoms with Gasteiger partial charge in [-0.05, 0) is 24.5 Å². The minimum absolute atomic E-state index is 0.0418. The fourth-order valence-corrected chi connectivity index (χ4v) is 4.36. The SMILES string of the molecule is O=S(Nc1cscn1)c1cc(Cl)c(OC2(c3ccccc3)CC2)cc1F. The van der Waals surface area contributed by atoms with Gasteiger partial charge in [-0.2, -0.15) is 0 Å². The summed E-state index contributed by atoms with van der Waals surface area (Å²) in [5, 5.41) is 1.91. The van der Waals surface area contributed by atoms with Crippen LogP contribution in [0.5, 0.6) is 5.75 Å². The zero-order valence-electron chi connectivity index (χ0n) is 13.4. The van der Waals surface area contributed by atoms with Gasteiger partial charge in [0.2, 0.25) is 0 Å². The number of hydrogen-bond acceptors (Lipinski definition) is 4. The quantitative estimate of drug-likeness (QED) is 0.614. The normalized spacial score (nSPS) is 16.1. The van der Waals surface area contributed by atoms with Gasteiger partial charge in [0.25, 0.3) is 0 Å². The first-order chi connectivity index (χ1) is 12.6. The van der Waals surface area contributed by atoms with Crippen LogP contribution in [0.3, 0.4) is 0 Å². The monoisotopic (exact) mass is 408 g/mol. The highest BCUT2D eigenvalue weighted by molar-refractivity contribution is 7.86. The number of hydrogen-bond donors (Lipinski definition) is 1. The van der Waals surface area contributed by atoms with Crippen LogP contribution < -0.4 is 9.46 Å². The molecule has 0 amide bonds. The van der Waals surface area contributed by atoms with Crippen molar-refractivity contribution in [3.05, 3.63) is 69.8 Å². The Morgan fingerprint density at radius 3 is 2.69 bits per heavy atom. The number of anilines is 1. The second kappa shape index (κ2) is 6.98. The summed E-state index contributed by atoms with van der Waals surface area (Å²) >= 11 is 7.63. The van der Waals surface area contributed by atoms with E-state index in [9.17, 15) is 8.60 Å². The molecule has 0 radical (unpaired) electrons. The van der Waals surface area contributed by atoms with Gasteiger partial charge in [-0.3, -0.25) is 4.72 Å². The molecule has 2 aromatic carbocycles. The number of halogens is 2. The van der Waals surface area contributed by atoms with E-state index < -0.39 is 22.4 Å². The average molecular weight is 409 g/mol. The predicted octanol–water partition coefficient (Wildman–Crippen LogP) is 5.14. The van der Waals surface area contributed by atoms with Crippen molar-refractivity contribution in [2.75, 3.05) is 4.72 Å². The van der Waals surface area contributed by atoms with Gasteiger partial charge >= 0.3 is 0 Å². The van der Waals surface area contributed by atoms with Crippen molar-refractivity contribution in [3.8, 4) is 5.75 Å². The number of benzene rings is 2. The maximum atomic E-state index is 14.5. The molecule has 26 heavy (non-hydrogen) atoms. The van der Waals surface area contributed by atoms with Crippen molar-refractivity contribution in [2.45, 2.75) is 23.3 Å². The molecule has 1 fully saturated rings. The third kappa shape index (κ3) is 3.47. The lowest BCUT2D eigenvalue weighted by molar-refractivity contribution is 0.180. The van der Waals surface area contributed by atoms with Crippen LogP contribution in [0, 0.1) is 5.82 Å². The van der Waals surface area contributed by atoms with Crippen LogP contribution in [0.15, 0.2) is 58.3 Å². The van der Waals surface area contributed by atoms with E-state index in [0.29, 0.717) is 5.82 Å². The van der Waals surface area contributed by atoms with Crippen LogP contribution in [0.1, 0.15) is 18.4 Å². The van der Waals surface area contributed by atoms with Gasteiger partial charge < -0.3 is 4.74 Å². The van der Waals surface area contributed by atoms with Crippen molar-refractivity contribution in [1.29, 1.82) is 0 Å². The van der Waals surface area contributed by atoms with Gasteiger partial charge in [-0.1, -0.05) is 41.9 Å². The summed E-state index contributed by atoms with van der Waals surface area (Å²) in [5.41, 5.74) is 2.17. The maximum Gasteiger partial charge on any atom is 0.154 e. The largest absolute Gasteiger partial charge is 0.481 e. The van der Waals surface area contributed by atoms with Gasteiger partial charge in [0.15, 0.2) is 11.0 Å². The second-order valence-electron chi connectivity index (χ2n) is 5.92. The molecule has 0 aliphatic heterocycles. The Kier molecular flexibility index (Phi) is 4.69. The van der Waals surface area contributed by atoms with Crippen molar-refractivity contribution >= 4 is 39.7 Å². The first kappa shape index (κ1) is 17.5. The number of nitrogens with one attached hydrogen (secondary N) is 1. The molecule has 8 heteroatoms. The molecule has 3 aromatic rings. The van der Waals surface area contributed by atoms with E-state index in [1.54, 1.807) is 10.9 Å². The highest BCUT2D eigenvalue weighted by atomic mass is 35.5. The van der Waals surface area contributed by atoms with Gasteiger partial charge in [0, 0.05) is 11.4 Å². The summed E-state index contributed by atoms with van der Waals surface area (Å²) in [6.07, 6.45) is 1.68. The smallest absolute Gasteiger partial charge is 0.154 e. The summed E-state index contributed by atoms with van der Waals surface area (Å²) in [6.45, 7) is 0. The number of nitrogens with zero attached hydrogens (tertiary/aromatic N) is 1. The minimum Gasteiger partial charge on any atom is -0.481 e. The van der Waals surface area contributed by atoms with Crippen molar-refractivity contribution < 1.29 is 13.3 Å². The molecule has 4 rings (SSSR count). The number of ether oxygens (including phenoxy) is 1. The summed E-state index contributed by atoms with van der Waals surface area (Å²) in [5.74, 6) is 0.0273. The molecule has 1 aliphatic rings. The lowest BCUT2D eigenvalue weighted by Gasteiger charge is -2.20. The Balaban J connectivity index is 1.57. The zero-order valence-corrected chi connectivity index (χ0v) is 15.8. The molecule has 1 unspecified atom stereocenters. The molecule has 0 saturated heterocycles. The zero-order chi connectivity index (χ0) is 18.1. The van der Waals surface area contributed by atoms with Crippen molar-refractivity contribution in [3.63, 3.8) is 0 Å². The third-order valence-corrected chi connectivity index (χ3v) is 6.11. The molecule has 134 valence electrons. The Bertz CT molecular complexity index is 947. The lowest BCUT2D eigenvalue weighted by Crippen LogP contribution is -2.16. The van der Waals surface area contributed by atoms with Crippen LogP contribution in [0.25, 0.3) is 0 Å². The summed E-state index contributed by atoms with van der Waals surface area (Å²) in [7, 11) is -1.81. The first-order valence-corrected chi connectivity index (χ1v) is 10.3. The maximum absolute atomic E-state index is 14.5. The molecular weight excluding hydrogens is 395 g/mol. The topological polar surface area (TPSA) is 51.2 Å². The molecular formula is C18H14ClFN2O2S2. The van der Waals surface area contributed by atoms with Crippen LogP contribution in [-0.4, -0.2) is 9.19 Å². The average Bonchev–Trinajstić information content (AvgIpc) is 3.25. The highest BCUT2D eigenvalue weighted by Crippen LogP contribution is 2.50. The fourth-order valence-electron chi connectivity index (χ4n) is 2.66. The van der Waals surface area contributed by atoms with Crippen molar-refractivity contribution in [2.24, 2.45) is 0 Å². The Labute approximate surface area is 161 Å². The second-order valence-corrected chi connectivity index (χ2v) is 8.23. The molecule has 1 saturated carbocycles. The van der Waals surface area contributed by atoms with Crippen LogP contribution in [0.4, 0.5) is 10.2 Å². The predicted molar refractivity (Wildman–Crippen MR) is 102 cm³/mol. The molecule has 1 atom stereocenters. The minimum atomic E-state index is -1.81. The number of rotatable bonds is 6. The summed E-state index contributed by atoms with van der Waals surface area (Å²) in [4.78, 5) is 3.93. The number of thiazole rings is 1. The van der Waals surface area contributed by atoms with Gasteiger partial charge in [0.1, 0.15) is 23.0 Å². The van der Waals surface area contributed by atoms with Crippen LogP contribution >= 0.6 is 22.9 Å². The van der Waals surface area contributed by atoms with E-state index in [0.717, 1.165) is 18.4 Å². The number of aromatic nitrogens is 1. The third-order valence-electron chi connectivity index (χ3n) is 4.13. The molecule has 0 bridgehead atoms. The Morgan fingerprint density at radius 2 is 2.04 bits per heavy atom. The fraction of sp³-hybridized carbons (Fsp3) is 0.167. The van der Waals surface area contributed by atoms with Gasteiger partial charge in [-0.15, -0.1) is 11.3 Å². The summed E-state index contributed by atoms with van der Waals surface area (Å²) in [6, 6.07) is 12.3. The van der Waals surface area contributed by atoms with E-state index in [1.165, 1.54) is 23.5 Å². The van der Waals surface area contributed by atoms with E-state index in [2.05, 4.69) is 9.71 Å². The molecule has 0 spiro atoms. The Hall–Kier alpha value is -1.96. The molecule has 1 aromatic heterocycles. The van der Waals surface area contributed by atoms with E-state index >= 15 is 0 Å². The van der Waals surface area contributed by atoms with Gasteiger partial charge in [0.05, 0.1) is 15.4 Å².